The summed E-state index contributed by atoms with van der Waals surface area (Å²) >= 11 is 0. The highest BCUT2D eigenvalue weighted by Crippen LogP contribution is 2.10. The van der Waals surface area contributed by atoms with Crippen molar-refractivity contribution in [3.63, 3.8) is 0 Å². The Balaban J connectivity index is 1.68. The van der Waals surface area contributed by atoms with Crippen LogP contribution in [-0.4, -0.2) is 17.5 Å². The molecule has 0 atom stereocenters. The second-order valence-corrected chi connectivity index (χ2v) is 4.56. The van der Waals surface area contributed by atoms with Crippen molar-refractivity contribution in [3.8, 4) is 5.75 Å². The molecule has 0 spiro atoms. The number of hydrogen-bond acceptors (Lipinski definition) is 3. The van der Waals surface area contributed by atoms with Gasteiger partial charge in [-0.1, -0.05) is 18.2 Å². The summed E-state index contributed by atoms with van der Waals surface area (Å²) in [5.41, 5.74) is 1.76. The molecule has 0 saturated heterocycles. The average Bonchev–Trinajstić information content (AvgIpc) is 2.45. The van der Waals surface area contributed by atoms with Gasteiger partial charge in [0.2, 0.25) is 5.91 Å². The lowest BCUT2D eigenvalue weighted by Crippen LogP contribution is -2.13. The van der Waals surface area contributed by atoms with E-state index in [-0.39, 0.29) is 5.91 Å². The molecule has 20 heavy (non-hydrogen) atoms. The SMILES string of the molecule is Cc1cncc(NC(=O)CCCOc2ccccc2)c1. The maximum absolute atomic E-state index is 11.7. The molecule has 0 unspecified atom stereocenters. The van der Waals surface area contributed by atoms with Gasteiger partial charge in [0, 0.05) is 12.6 Å². The maximum Gasteiger partial charge on any atom is 0.224 e. The normalized spacial score (nSPS) is 10.1. The summed E-state index contributed by atoms with van der Waals surface area (Å²) in [7, 11) is 0. The summed E-state index contributed by atoms with van der Waals surface area (Å²) in [6, 6.07) is 11.5. The lowest BCUT2D eigenvalue weighted by Gasteiger charge is -2.07. The summed E-state index contributed by atoms with van der Waals surface area (Å²) in [6.07, 6.45) is 4.51. The summed E-state index contributed by atoms with van der Waals surface area (Å²) in [5, 5.41) is 2.82. The lowest BCUT2D eigenvalue weighted by atomic mass is 10.2. The van der Waals surface area contributed by atoms with Gasteiger partial charge in [-0.3, -0.25) is 9.78 Å². The van der Waals surface area contributed by atoms with Crippen LogP contribution in [0.25, 0.3) is 0 Å². The fourth-order valence-electron chi connectivity index (χ4n) is 1.79. The van der Waals surface area contributed by atoms with E-state index in [1.165, 1.54) is 0 Å². The monoisotopic (exact) mass is 270 g/mol. The van der Waals surface area contributed by atoms with E-state index in [2.05, 4.69) is 10.3 Å². The van der Waals surface area contributed by atoms with Gasteiger partial charge in [0.25, 0.3) is 0 Å². The van der Waals surface area contributed by atoms with E-state index in [9.17, 15) is 4.79 Å². The lowest BCUT2D eigenvalue weighted by molar-refractivity contribution is -0.116. The topological polar surface area (TPSA) is 51.2 Å². The van der Waals surface area contributed by atoms with Crippen molar-refractivity contribution in [3.05, 3.63) is 54.4 Å². The molecule has 0 radical (unpaired) electrons. The summed E-state index contributed by atoms with van der Waals surface area (Å²) in [6.45, 7) is 2.47. The second kappa shape index (κ2) is 7.28. The highest BCUT2D eigenvalue weighted by atomic mass is 16.5. The molecule has 1 aromatic heterocycles. The third-order valence-corrected chi connectivity index (χ3v) is 2.72. The third kappa shape index (κ3) is 4.72. The van der Waals surface area contributed by atoms with Crippen molar-refractivity contribution < 1.29 is 9.53 Å². The van der Waals surface area contributed by atoms with Crippen molar-refractivity contribution in [2.24, 2.45) is 0 Å². The number of carbonyl (C=O) groups is 1. The van der Waals surface area contributed by atoms with Crippen molar-refractivity contribution in [1.82, 2.24) is 4.98 Å². The third-order valence-electron chi connectivity index (χ3n) is 2.72. The Kier molecular flexibility index (Phi) is 5.12. The van der Waals surface area contributed by atoms with Crippen LogP contribution in [0.1, 0.15) is 18.4 Å². The first-order valence-corrected chi connectivity index (χ1v) is 6.63. The molecule has 1 aromatic carbocycles. The molecular weight excluding hydrogens is 252 g/mol. The highest BCUT2D eigenvalue weighted by Gasteiger charge is 2.03. The predicted molar refractivity (Wildman–Crippen MR) is 78.8 cm³/mol. The Morgan fingerprint density at radius 3 is 2.80 bits per heavy atom. The molecule has 1 amide bonds. The first kappa shape index (κ1) is 14.1. The Bertz CT molecular complexity index is 555. The number of aryl methyl sites for hydroxylation is 1. The molecular formula is C16H18N2O2. The molecule has 104 valence electrons. The van der Waals surface area contributed by atoms with Crippen molar-refractivity contribution in [2.75, 3.05) is 11.9 Å². The molecule has 2 rings (SSSR count). The number of para-hydroxylation sites is 1. The molecule has 1 N–H and O–H groups in total. The van der Waals surface area contributed by atoms with E-state index in [0.29, 0.717) is 19.4 Å². The van der Waals surface area contributed by atoms with E-state index < -0.39 is 0 Å². The van der Waals surface area contributed by atoms with Crippen LogP contribution >= 0.6 is 0 Å². The minimum absolute atomic E-state index is 0.0194. The van der Waals surface area contributed by atoms with Crippen LogP contribution in [0.15, 0.2) is 48.8 Å². The second-order valence-electron chi connectivity index (χ2n) is 4.56. The summed E-state index contributed by atoms with van der Waals surface area (Å²) in [4.78, 5) is 15.8. The minimum atomic E-state index is -0.0194. The summed E-state index contributed by atoms with van der Waals surface area (Å²) in [5.74, 6) is 0.810. The molecule has 4 nitrogen and oxygen atoms in total. The molecule has 0 aliphatic carbocycles. The number of rotatable bonds is 6. The van der Waals surface area contributed by atoms with Gasteiger partial charge in [-0.25, -0.2) is 0 Å². The predicted octanol–water partition coefficient (Wildman–Crippen LogP) is 3.19. The fraction of sp³-hybridized carbons (Fsp3) is 0.250. The number of pyridine rings is 1. The zero-order chi connectivity index (χ0) is 14.2. The van der Waals surface area contributed by atoms with Crippen LogP contribution in [0.3, 0.4) is 0 Å². The highest BCUT2D eigenvalue weighted by molar-refractivity contribution is 5.90. The standard InChI is InChI=1S/C16H18N2O2/c1-13-10-14(12-17-11-13)18-16(19)8-5-9-20-15-6-3-2-4-7-15/h2-4,6-7,10-12H,5,8-9H2,1H3,(H,18,19). The van der Waals surface area contributed by atoms with Gasteiger partial charge >= 0.3 is 0 Å². The number of aromatic nitrogens is 1. The Hall–Kier alpha value is -2.36. The quantitative estimate of drug-likeness (QED) is 0.820. The van der Waals surface area contributed by atoms with Crippen LogP contribution in [0.4, 0.5) is 5.69 Å². The Morgan fingerprint density at radius 1 is 1.25 bits per heavy atom. The van der Waals surface area contributed by atoms with Crippen molar-refractivity contribution >= 4 is 11.6 Å². The molecule has 0 aliphatic heterocycles. The first-order chi connectivity index (χ1) is 9.74. The number of carbonyl (C=O) groups excluding carboxylic acids is 1. The fourth-order valence-corrected chi connectivity index (χ4v) is 1.79. The van der Waals surface area contributed by atoms with E-state index in [0.717, 1.165) is 17.0 Å². The van der Waals surface area contributed by atoms with Gasteiger partial charge in [0.1, 0.15) is 5.75 Å². The van der Waals surface area contributed by atoms with E-state index in [4.69, 9.17) is 4.74 Å². The van der Waals surface area contributed by atoms with Crippen LogP contribution in [-0.2, 0) is 4.79 Å². The zero-order valence-electron chi connectivity index (χ0n) is 11.5. The Labute approximate surface area is 118 Å². The van der Waals surface area contributed by atoms with Gasteiger partial charge in [-0.15, -0.1) is 0 Å². The number of nitrogens with one attached hydrogen (secondary N) is 1. The molecule has 2 aromatic rings. The average molecular weight is 270 g/mol. The van der Waals surface area contributed by atoms with Crippen molar-refractivity contribution in [1.29, 1.82) is 0 Å². The number of amides is 1. The number of hydrogen-bond donors (Lipinski definition) is 1. The number of benzene rings is 1. The van der Waals surface area contributed by atoms with E-state index in [1.54, 1.807) is 12.4 Å². The van der Waals surface area contributed by atoms with Gasteiger partial charge in [-0.05, 0) is 37.1 Å². The van der Waals surface area contributed by atoms with Crippen LogP contribution in [0.5, 0.6) is 5.75 Å². The molecule has 0 fully saturated rings. The van der Waals surface area contributed by atoms with Crippen LogP contribution < -0.4 is 10.1 Å². The molecule has 1 heterocycles. The van der Waals surface area contributed by atoms with Gasteiger partial charge in [-0.2, -0.15) is 0 Å². The Morgan fingerprint density at radius 2 is 2.05 bits per heavy atom. The number of anilines is 1. The molecule has 4 heteroatoms. The number of nitrogens with zero attached hydrogens (tertiary/aromatic N) is 1. The van der Waals surface area contributed by atoms with E-state index >= 15 is 0 Å². The maximum atomic E-state index is 11.7. The zero-order valence-corrected chi connectivity index (χ0v) is 11.5. The van der Waals surface area contributed by atoms with Gasteiger partial charge in [0.05, 0.1) is 18.5 Å². The smallest absolute Gasteiger partial charge is 0.224 e. The van der Waals surface area contributed by atoms with Gasteiger partial charge < -0.3 is 10.1 Å². The summed E-state index contributed by atoms with van der Waals surface area (Å²) < 4.78 is 5.53. The first-order valence-electron chi connectivity index (χ1n) is 6.63. The largest absolute Gasteiger partial charge is 0.494 e. The minimum Gasteiger partial charge on any atom is -0.494 e. The molecule has 0 bridgehead atoms. The van der Waals surface area contributed by atoms with Crippen LogP contribution in [0, 0.1) is 6.92 Å². The van der Waals surface area contributed by atoms with Gasteiger partial charge in [0.15, 0.2) is 0 Å². The molecule has 0 saturated carbocycles. The molecule has 0 aliphatic rings. The van der Waals surface area contributed by atoms with Crippen molar-refractivity contribution in [2.45, 2.75) is 19.8 Å². The number of ether oxygens (including phenoxy) is 1. The van der Waals surface area contributed by atoms with Crippen LogP contribution in [0.2, 0.25) is 0 Å². The van der Waals surface area contributed by atoms with E-state index in [1.807, 2.05) is 43.3 Å².